The van der Waals surface area contributed by atoms with Crippen LogP contribution in [0.3, 0.4) is 0 Å². The van der Waals surface area contributed by atoms with E-state index in [-0.39, 0.29) is 11.7 Å². The molecule has 2 aromatic rings. The highest BCUT2D eigenvalue weighted by Crippen LogP contribution is 2.37. The number of ether oxygens (including phenoxy) is 3. The number of thioether (sulfide) groups is 1. The highest BCUT2D eigenvalue weighted by molar-refractivity contribution is 8.15. The smallest absolute Gasteiger partial charge is 0.434 e. The molecule has 0 atom stereocenters. The van der Waals surface area contributed by atoms with Crippen molar-refractivity contribution in [2.24, 2.45) is 20.7 Å². The molecule has 3 rings (SSSR count). The maximum absolute atomic E-state index is 12.0. The lowest BCUT2D eigenvalue weighted by Gasteiger charge is -2.21. The van der Waals surface area contributed by atoms with Crippen LogP contribution in [0.1, 0.15) is 30.0 Å². The Balaban J connectivity index is 2.14. The summed E-state index contributed by atoms with van der Waals surface area (Å²) in [6.07, 6.45) is 2.80. The van der Waals surface area contributed by atoms with Crippen LogP contribution in [0.25, 0.3) is 0 Å². The van der Waals surface area contributed by atoms with E-state index < -0.39 is 6.09 Å². The molecule has 2 amide bonds. The number of hydrogen-bond acceptors (Lipinski definition) is 7. The predicted octanol–water partition coefficient (Wildman–Crippen LogP) is 3.92. The van der Waals surface area contributed by atoms with E-state index in [4.69, 9.17) is 24.9 Å². The zero-order chi connectivity index (χ0) is 24.7. The molecule has 1 aliphatic rings. The van der Waals surface area contributed by atoms with E-state index in [2.05, 4.69) is 9.98 Å². The van der Waals surface area contributed by atoms with Gasteiger partial charge in [0, 0.05) is 18.1 Å². The van der Waals surface area contributed by atoms with E-state index in [0.717, 1.165) is 29.7 Å². The monoisotopic (exact) mass is 482 g/mol. The van der Waals surface area contributed by atoms with Crippen LogP contribution in [-0.2, 0) is 16.0 Å². The average molecular weight is 483 g/mol. The van der Waals surface area contributed by atoms with Crippen molar-refractivity contribution in [3.05, 3.63) is 53.1 Å². The van der Waals surface area contributed by atoms with Gasteiger partial charge in [0.2, 0.25) is 5.91 Å². The highest BCUT2D eigenvalue weighted by Gasteiger charge is 2.22. The molecule has 0 spiro atoms. The number of amides is 2. The Hall–Kier alpha value is -3.66. The number of aryl methyl sites for hydroxylation is 1. The number of nitrogens with zero attached hydrogens (tertiary/aromatic N) is 3. The summed E-state index contributed by atoms with van der Waals surface area (Å²) in [5, 5.41) is 0.382. The molecule has 178 valence electrons. The molecule has 0 bridgehead atoms. The fraction of sp³-hybridized carbons (Fsp3) is 0.292. The first-order valence-corrected chi connectivity index (χ1v) is 11.7. The third-order valence-electron chi connectivity index (χ3n) is 4.91. The lowest BCUT2D eigenvalue weighted by molar-refractivity contribution is -0.115. The van der Waals surface area contributed by atoms with Gasteiger partial charge in [-0.1, -0.05) is 0 Å². The van der Waals surface area contributed by atoms with Crippen molar-refractivity contribution >= 4 is 46.0 Å². The van der Waals surface area contributed by atoms with Crippen LogP contribution in [0.4, 0.5) is 10.5 Å². The van der Waals surface area contributed by atoms with Gasteiger partial charge in [-0.15, -0.1) is 11.8 Å². The van der Waals surface area contributed by atoms with Crippen molar-refractivity contribution < 1.29 is 23.8 Å². The molecule has 1 aliphatic heterocycles. The van der Waals surface area contributed by atoms with Gasteiger partial charge in [-0.05, 0) is 61.1 Å². The third kappa shape index (κ3) is 6.02. The van der Waals surface area contributed by atoms with Crippen molar-refractivity contribution in [2.75, 3.05) is 27.1 Å². The van der Waals surface area contributed by atoms with Gasteiger partial charge in [0.15, 0.2) is 11.5 Å². The molecule has 2 aromatic carbocycles. The maximum Gasteiger partial charge on any atom is 0.434 e. The summed E-state index contributed by atoms with van der Waals surface area (Å²) >= 11 is 1.27. The molecule has 0 fully saturated rings. The maximum atomic E-state index is 12.0. The number of fused-ring (bicyclic) bond motifs is 1. The molecule has 0 radical (unpaired) electrons. The summed E-state index contributed by atoms with van der Waals surface area (Å²) in [7, 11) is 2.85. The van der Waals surface area contributed by atoms with Gasteiger partial charge in [-0.2, -0.15) is 9.98 Å². The van der Waals surface area contributed by atoms with Crippen LogP contribution in [-0.4, -0.2) is 55.7 Å². The van der Waals surface area contributed by atoms with Crippen molar-refractivity contribution in [3.8, 4) is 11.5 Å². The zero-order valence-corrected chi connectivity index (χ0v) is 20.3. The molecule has 0 saturated heterocycles. The first-order chi connectivity index (χ1) is 16.4. The SMILES string of the molecule is COC(=O)N=C(SC)C(=Nc1ccc(C(N)=NC(C)=O)cc1)c1cc2c(c(OC)c1)OCCC2. The van der Waals surface area contributed by atoms with Crippen molar-refractivity contribution in [2.45, 2.75) is 19.8 Å². The van der Waals surface area contributed by atoms with E-state index in [0.29, 0.717) is 34.4 Å². The van der Waals surface area contributed by atoms with Gasteiger partial charge in [-0.3, -0.25) is 4.79 Å². The number of nitrogens with two attached hydrogens (primary N) is 1. The summed E-state index contributed by atoms with van der Waals surface area (Å²) in [6.45, 7) is 1.96. The summed E-state index contributed by atoms with van der Waals surface area (Å²) in [6, 6.07) is 10.7. The van der Waals surface area contributed by atoms with Crippen LogP contribution in [0.2, 0.25) is 0 Å². The Labute approximate surface area is 202 Å². The van der Waals surface area contributed by atoms with Crippen molar-refractivity contribution in [1.82, 2.24) is 0 Å². The largest absolute Gasteiger partial charge is 0.493 e. The standard InChI is InChI=1S/C24H26N4O5S/c1-14(29)26-22(25)15-7-9-18(10-8-15)27-20(23(34-4)28-24(30)32-3)17-12-16-6-5-11-33-21(16)19(13-17)31-2/h7-10,12-13H,5-6,11H2,1-4H3,(H2,25,26,29). The molecule has 0 aliphatic carbocycles. The molecule has 0 aromatic heterocycles. The minimum Gasteiger partial charge on any atom is -0.493 e. The summed E-state index contributed by atoms with van der Waals surface area (Å²) < 4.78 is 16.1. The molecule has 0 unspecified atom stereocenters. The van der Waals surface area contributed by atoms with Crippen LogP contribution in [0, 0.1) is 0 Å². The lowest BCUT2D eigenvalue weighted by atomic mass is 10.00. The predicted molar refractivity (Wildman–Crippen MR) is 134 cm³/mol. The fourth-order valence-corrected chi connectivity index (χ4v) is 3.89. The lowest BCUT2D eigenvalue weighted by Crippen LogP contribution is -2.17. The summed E-state index contributed by atoms with van der Waals surface area (Å²) in [5.41, 5.74) is 9.25. The Bertz CT molecular complexity index is 1160. The van der Waals surface area contributed by atoms with Gasteiger partial charge in [0.25, 0.3) is 0 Å². The first-order valence-electron chi connectivity index (χ1n) is 10.4. The van der Waals surface area contributed by atoms with Crippen molar-refractivity contribution in [3.63, 3.8) is 0 Å². The molecule has 9 nitrogen and oxygen atoms in total. The van der Waals surface area contributed by atoms with E-state index in [1.165, 1.54) is 25.8 Å². The summed E-state index contributed by atoms with van der Waals surface area (Å²) in [5.74, 6) is 1.05. The second kappa shape index (κ2) is 11.5. The molecular formula is C24H26N4O5S. The van der Waals surface area contributed by atoms with Crippen LogP contribution >= 0.6 is 11.8 Å². The minimum absolute atomic E-state index is 0.125. The number of methoxy groups -OCH3 is 2. The van der Waals surface area contributed by atoms with E-state index in [1.54, 1.807) is 37.6 Å². The molecular weight excluding hydrogens is 456 g/mol. The minimum atomic E-state index is -0.728. The molecule has 1 heterocycles. The van der Waals surface area contributed by atoms with Gasteiger partial charge in [0.05, 0.1) is 26.5 Å². The van der Waals surface area contributed by atoms with E-state index in [9.17, 15) is 9.59 Å². The number of amidine groups is 1. The second-order valence-corrected chi connectivity index (χ2v) is 8.03. The van der Waals surface area contributed by atoms with Gasteiger partial charge in [-0.25, -0.2) is 9.79 Å². The zero-order valence-electron chi connectivity index (χ0n) is 19.5. The third-order valence-corrected chi connectivity index (χ3v) is 5.58. The van der Waals surface area contributed by atoms with Gasteiger partial charge < -0.3 is 19.9 Å². The number of carbonyl (C=O) groups excluding carboxylic acids is 2. The quantitative estimate of drug-likeness (QED) is 0.506. The number of benzene rings is 2. The molecule has 2 N–H and O–H groups in total. The number of carbonyl (C=O) groups is 2. The van der Waals surface area contributed by atoms with E-state index >= 15 is 0 Å². The Morgan fingerprint density at radius 2 is 1.82 bits per heavy atom. The van der Waals surface area contributed by atoms with Crippen LogP contribution in [0.15, 0.2) is 51.4 Å². The summed E-state index contributed by atoms with van der Waals surface area (Å²) in [4.78, 5) is 35.8. The topological polar surface area (TPSA) is 125 Å². The molecule has 10 heteroatoms. The number of aliphatic imine (C=N–C) groups is 3. The van der Waals surface area contributed by atoms with Crippen LogP contribution < -0.4 is 15.2 Å². The molecule has 0 saturated carbocycles. The highest BCUT2D eigenvalue weighted by atomic mass is 32.2. The normalized spacial score (nSPS) is 14.2. The van der Waals surface area contributed by atoms with Crippen molar-refractivity contribution in [1.29, 1.82) is 0 Å². The molecule has 34 heavy (non-hydrogen) atoms. The van der Waals surface area contributed by atoms with Gasteiger partial charge >= 0.3 is 6.09 Å². The van der Waals surface area contributed by atoms with E-state index in [1.807, 2.05) is 12.1 Å². The number of rotatable bonds is 5. The Morgan fingerprint density at radius 1 is 1.09 bits per heavy atom. The second-order valence-electron chi connectivity index (χ2n) is 7.23. The fourth-order valence-electron chi connectivity index (χ4n) is 3.36. The van der Waals surface area contributed by atoms with Crippen LogP contribution in [0.5, 0.6) is 11.5 Å². The number of hydrogen-bond donors (Lipinski definition) is 1. The Morgan fingerprint density at radius 3 is 2.44 bits per heavy atom. The Kier molecular flexibility index (Phi) is 8.42. The first kappa shape index (κ1) is 25.0. The van der Waals surface area contributed by atoms with Gasteiger partial charge in [0.1, 0.15) is 16.6 Å². The average Bonchev–Trinajstić information content (AvgIpc) is 2.85.